The largest absolute Gasteiger partial charge is 0.383 e. The van der Waals surface area contributed by atoms with Crippen molar-refractivity contribution in [2.24, 2.45) is 0 Å². The summed E-state index contributed by atoms with van der Waals surface area (Å²) in [5.74, 6) is 0.0504. The highest BCUT2D eigenvalue weighted by Crippen LogP contribution is 2.01. The van der Waals surface area contributed by atoms with Crippen LogP contribution < -0.4 is 5.32 Å². The average Bonchev–Trinajstić information content (AvgIpc) is 2.34. The number of nitrogens with one attached hydrogen (secondary N) is 1. The molecule has 0 saturated heterocycles. The molecule has 0 spiro atoms. The highest BCUT2D eigenvalue weighted by molar-refractivity contribution is 5.77. The molecule has 18 heavy (non-hydrogen) atoms. The Labute approximate surface area is 108 Å². The summed E-state index contributed by atoms with van der Waals surface area (Å²) in [5.41, 5.74) is 1.87. The average molecular weight is 251 g/mol. The summed E-state index contributed by atoms with van der Waals surface area (Å²) >= 11 is 0. The molecule has 0 aliphatic carbocycles. The SMILES string of the molecule is COCCNCC(=O)N(C)Cc1cccc(C)n1. The number of carbonyl (C=O) groups excluding carboxylic acids is 1. The second-order valence-electron chi connectivity index (χ2n) is 4.19. The number of likely N-dealkylation sites (N-methyl/N-ethyl adjacent to an activating group) is 1. The number of hydrogen-bond acceptors (Lipinski definition) is 4. The van der Waals surface area contributed by atoms with Gasteiger partial charge in [-0.25, -0.2) is 0 Å². The van der Waals surface area contributed by atoms with E-state index in [0.717, 1.165) is 11.4 Å². The molecule has 1 heterocycles. The molecule has 0 unspecified atom stereocenters. The summed E-state index contributed by atoms with van der Waals surface area (Å²) in [5, 5.41) is 3.03. The van der Waals surface area contributed by atoms with Crippen molar-refractivity contribution in [1.29, 1.82) is 0 Å². The van der Waals surface area contributed by atoms with Crippen molar-refractivity contribution in [3.05, 3.63) is 29.6 Å². The maximum absolute atomic E-state index is 11.8. The Balaban J connectivity index is 2.35. The minimum absolute atomic E-state index is 0.0504. The zero-order chi connectivity index (χ0) is 13.4. The van der Waals surface area contributed by atoms with E-state index >= 15 is 0 Å². The topological polar surface area (TPSA) is 54.5 Å². The molecular formula is C13H21N3O2. The van der Waals surface area contributed by atoms with Crippen LogP contribution in [0.15, 0.2) is 18.2 Å². The number of hydrogen-bond donors (Lipinski definition) is 1. The van der Waals surface area contributed by atoms with Gasteiger partial charge in [-0.15, -0.1) is 0 Å². The van der Waals surface area contributed by atoms with Gasteiger partial charge in [0.05, 0.1) is 25.4 Å². The molecule has 5 heteroatoms. The van der Waals surface area contributed by atoms with Gasteiger partial charge in [-0.1, -0.05) is 6.07 Å². The number of ether oxygens (including phenoxy) is 1. The summed E-state index contributed by atoms with van der Waals surface area (Å²) in [6, 6.07) is 5.82. The van der Waals surface area contributed by atoms with Crippen LogP contribution in [0.4, 0.5) is 0 Å². The number of amides is 1. The monoisotopic (exact) mass is 251 g/mol. The van der Waals surface area contributed by atoms with Gasteiger partial charge >= 0.3 is 0 Å². The van der Waals surface area contributed by atoms with Crippen molar-refractivity contribution < 1.29 is 9.53 Å². The second-order valence-corrected chi connectivity index (χ2v) is 4.19. The first kappa shape index (κ1) is 14.6. The third kappa shape index (κ3) is 5.25. The van der Waals surface area contributed by atoms with Gasteiger partial charge in [0.25, 0.3) is 0 Å². The molecule has 0 aromatic carbocycles. The van der Waals surface area contributed by atoms with E-state index in [4.69, 9.17) is 4.74 Å². The molecule has 0 aliphatic rings. The van der Waals surface area contributed by atoms with Gasteiger partial charge in [0, 0.05) is 26.4 Å². The molecular weight excluding hydrogens is 230 g/mol. The summed E-state index contributed by atoms with van der Waals surface area (Å²) < 4.78 is 4.90. The van der Waals surface area contributed by atoms with Crippen LogP contribution >= 0.6 is 0 Å². The van der Waals surface area contributed by atoms with E-state index in [9.17, 15) is 4.79 Å². The van der Waals surface area contributed by atoms with Crippen LogP contribution in [-0.2, 0) is 16.1 Å². The highest BCUT2D eigenvalue weighted by Gasteiger charge is 2.09. The number of nitrogens with zero attached hydrogens (tertiary/aromatic N) is 2. The number of aromatic nitrogens is 1. The lowest BCUT2D eigenvalue weighted by molar-refractivity contribution is -0.129. The molecule has 100 valence electrons. The van der Waals surface area contributed by atoms with Gasteiger partial charge in [0.15, 0.2) is 0 Å². The molecule has 0 radical (unpaired) electrons. The van der Waals surface area contributed by atoms with Crippen molar-refractivity contribution in [3.8, 4) is 0 Å². The lowest BCUT2D eigenvalue weighted by Gasteiger charge is -2.17. The molecule has 1 N–H and O–H groups in total. The third-order valence-corrected chi connectivity index (χ3v) is 2.53. The summed E-state index contributed by atoms with van der Waals surface area (Å²) in [6.07, 6.45) is 0. The van der Waals surface area contributed by atoms with Crippen molar-refractivity contribution in [2.45, 2.75) is 13.5 Å². The molecule has 1 rings (SSSR count). The zero-order valence-corrected chi connectivity index (χ0v) is 11.3. The minimum atomic E-state index is 0.0504. The first-order valence-electron chi connectivity index (χ1n) is 5.99. The fourth-order valence-corrected chi connectivity index (χ4v) is 1.52. The van der Waals surface area contributed by atoms with Crippen LogP contribution in [0.25, 0.3) is 0 Å². The Morgan fingerprint density at radius 2 is 2.28 bits per heavy atom. The molecule has 0 aliphatic heterocycles. The molecule has 1 aromatic rings. The highest BCUT2D eigenvalue weighted by atomic mass is 16.5. The van der Waals surface area contributed by atoms with Gasteiger partial charge in [-0.2, -0.15) is 0 Å². The first-order chi connectivity index (χ1) is 8.63. The third-order valence-electron chi connectivity index (χ3n) is 2.53. The Morgan fingerprint density at radius 3 is 2.94 bits per heavy atom. The molecule has 1 aromatic heterocycles. The Hall–Kier alpha value is -1.46. The Kier molecular flexibility index (Phi) is 6.32. The van der Waals surface area contributed by atoms with E-state index in [-0.39, 0.29) is 5.91 Å². The molecule has 0 bridgehead atoms. The summed E-state index contributed by atoms with van der Waals surface area (Å²) in [7, 11) is 3.42. The van der Waals surface area contributed by atoms with Crippen LogP contribution in [0.5, 0.6) is 0 Å². The van der Waals surface area contributed by atoms with Gasteiger partial charge in [-0.3, -0.25) is 9.78 Å². The van der Waals surface area contributed by atoms with Crippen LogP contribution in [-0.4, -0.2) is 49.6 Å². The predicted molar refractivity (Wildman–Crippen MR) is 70.2 cm³/mol. The quantitative estimate of drug-likeness (QED) is 0.720. The number of carbonyl (C=O) groups is 1. The maximum Gasteiger partial charge on any atom is 0.236 e. The van der Waals surface area contributed by atoms with Crippen LogP contribution in [0.1, 0.15) is 11.4 Å². The van der Waals surface area contributed by atoms with Crippen molar-refractivity contribution in [3.63, 3.8) is 0 Å². The Morgan fingerprint density at radius 1 is 1.50 bits per heavy atom. The standard InChI is InChI=1S/C13H21N3O2/c1-11-5-4-6-12(15-11)10-16(2)13(17)9-14-7-8-18-3/h4-6,14H,7-10H2,1-3H3. The fraction of sp³-hybridized carbons (Fsp3) is 0.538. The van der Waals surface area contributed by atoms with E-state index in [2.05, 4.69) is 10.3 Å². The zero-order valence-electron chi connectivity index (χ0n) is 11.3. The van der Waals surface area contributed by atoms with Gasteiger partial charge in [0.2, 0.25) is 5.91 Å². The lowest BCUT2D eigenvalue weighted by Crippen LogP contribution is -2.36. The van der Waals surface area contributed by atoms with Gasteiger partial charge in [-0.05, 0) is 19.1 Å². The fourth-order valence-electron chi connectivity index (χ4n) is 1.52. The molecule has 5 nitrogen and oxygen atoms in total. The number of aryl methyl sites for hydroxylation is 1. The van der Waals surface area contributed by atoms with E-state index in [0.29, 0.717) is 26.2 Å². The van der Waals surface area contributed by atoms with Gasteiger partial charge in [0.1, 0.15) is 0 Å². The summed E-state index contributed by atoms with van der Waals surface area (Å²) in [6.45, 7) is 4.09. The Bertz CT molecular complexity index is 382. The van der Waals surface area contributed by atoms with Gasteiger partial charge < -0.3 is 15.0 Å². The summed E-state index contributed by atoms with van der Waals surface area (Å²) in [4.78, 5) is 17.8. The number of rotatable bonds is 7. The lowest BCUT2D eigenvalue weighted by atomic mass is 10.3. The smallest absolute Gasteiger partial charge is 0.236 e. The van der Waals surface area contributed by atoms with E-state index < -0.39 is 0 Å². The molecule has 0 fully saturated rings. The van der Waals surface area contributed by atoms with E-state index in [1.54, 1.807) is 19.1 Å². The second kappa shape index (κ2) is 7.79. The van der Waals surface area contributed by atoms with E-state index in [1.807, 2.05) is 25.1 Å². The normalized spacial score (nSPS) is 10.4. The van der Waals surface area contributed by atoms with Crippen molar-refractivity contribution >= 4 is 5.91 Å². The maximum atomic E-state index is 11.8. The van der Waals surface area contributed by atoms with Crippen molar-refractivity contribution in [1.82, 2.24) is 15.2 Å². The minimum Gasteiger partial charge on any atom is -0.383 e. The number of methoxy groups -OCH3 is 1. The predicted octanol–water partition coefficient (Wildman–Crippen LogP) is 0.584. The number of pyridine rings is 1. The van der Waals surface area contributed by atoms with Crippen LogP contribution in [0.3, 0.4) is 0 Å². The van der Waals surface area contributed by atoms with Crippen LogP contribution in [0.2, 0.25) is 0 Å². The van der Waals surface area contributed by atoms with Crippen molar-refractivity contribution in [2.75, 3.05) is 33.9 Å². The molecule has 0 saturated carbocycles. The molecule has 0 atom stereocenters. The molecule has 1 amide bonds. The van der Waals surface area contributed by atoms with Crippen LogP contribution in [0, 0.1) is 6.92 Å². The van der Waals surface area contributed by atoms with E-state index in [1.165, 1.54) is 0 Å². The first-order valence-corrected chi connectivity index (χ1v) is 5.99.